The molecule has 0 N–H and O–H groups in total. The largest absolute Gasteiger partial charge is 0.319 e. The van der Waals surface area contributed by atoms with Crippen molar-refractivity contribution in [3.05, 3.63) is 11.2 Å². The summed E-state index contributed by atoms with van der Waals surface area (Å²) in [6.45, 7) is 1.89. The molecule has 1 unspecified atom stereocenters. The Bertz CT molecular complexity index is 182. The lowest BCUT2D eigenvalue weighted by atomic mass is 10.9. The van der Waals surface area contributed by atoms with E-state index in [1.54, 1.807) is 23.8 Å². The Morgan fingerprint density at radius 3 is 2.58 bits per heavy atom. The van der Waals surface area contributed by atoms with Crippen LogP contribution in [0.4, 0.5) is 0 Å². The van der Waals surface area contributed by atoms with E-state index in [9.17, 15) is 4.57 Å². The first-order valence-electron chi connectivity index (χ1n) is 3.77. The van der Waals surface area contributed by atoms with E-state index < -0.39 is 6.57 Å². The highest BCUT2D eigenvalue weighted by molar-refractivity contribution is 8.57. The van der Waals surface area contributed by atoms with Crippen LogP contribution < -0.4 is 0 Å². The molecule has 2 nitrogen and oxygen atoms in total. The minimum atomic E-state index is -2.51. The second-order valence-electron chi connectivity index (χ2n) is 1.88. The van der Waals surface area contributed by atoms with E-state index in [0.717, 1.165) is 5.75 Å². The smallest absolute Gasteiger partial charge is 0.280 e. The third-order valence-electron chi connectivity index (χ3n) is 1.07. The zero-order valence-electron chi connectivity index (χ0n) is 7.65. The molecule has 5 heteroatoms. The number of hydrogen-bond donors (Lipinski definition) is 0. The van der Waals surface area contributed by atoms with Crippen LogP contribution >= 0.6 is 29.7 Å². The van der Waals surface area contributed by atoms with E-state index in [1.807, 2.05) is 12.3 Å². The van der Waals surface area contributed by atoms with Gasteiger partial charge in [-0.3, -0.25) is 4.57 Å². The Kier molecular flexibility index (Phi) is 7.45. The molecule has 0 aliphatic heterocycles. The van der Waals surface area contributed by atoms with Crippen LogP contribution in [0.5, 0.6) is 0 Å². The Hall–Kier alpha value is 0.630. The molecule has 0 aliphatic rings. The first-order valence-corrected chi connectivity index (χ1v) is 8.35. The van der Waals surface area contributed by atoms with Crippen LogP contribution in [0.25, 0.3) is 0 Å². The second kappa shape index (κ2) is 7.07. The molecule has 0 rings (SSSR count). The van der Waals surface area contributed by atoms with Gasteiger partial charge in [0.15, 0.2) is 0 Å². The van der Waals surface area contributed by atoms with E-state index >= 15 is 0 Å². The Balaban J connectivity index is 4.04. The lowest BCUT2D eigenvalue weighted by molar-refractivity contribution is 0.352. The van der Waals surface area contributed by atoms with Gasteiger partial charge in [0.1, 0.15) is 0 Å². The summed E-state index contributed by atoms with van der Waals surface area (Å²) in [5.74, 6) is 2.67. The summed E-state index contributed by atoms with van der Waals surface area (Å²) in [5, 5.41) is 1.85. The average molecular weight is 226 g/mol. The van der Waals surface area contributed by atoms with Gasteiger partial charge < -0.3 is 4.52 Å². The summed E-state index contributed by atoms with van der Waals surface area (Å²) in [6.07, 6.45) is 1.80. The highest BCUT2D eigenvalue weighted by Crippen LogP contribution is 2.59. The van der Waals surface area contributed by atoms with E-state index in [4.69, 9.17) is 4.52 Å². The Morgan fingerprint density at radius 1 is 1.50 bits per heavy atom. The molecule has 0 heterocycles. The fraction of sp³-hybridized carbons (Fsp3) is 0.714. The number of hydrogen-bond acceptors (Lipinski definition) is 4. The van der Waals surface area contributed by atoms with Crippen LogP contribution in [0.3, 0.4) is 0 Å². The summed E-state index contributed by atoms with van der Waals surface area (Å²) < 4.78 is 16.8. The van der Waals surface area contributed by atoms with Gasteiger partial charge >= 0.3 is 0 Å². The standard InChI is InChI=1S/C7H15O2PS2/c1-4-9-10(8,11-3)6-7-12-5-2/h6-7H,4-5H2,1-3H3. The average Bonchev–Trinajstić information content (AvgIpc) is 2.06. The maximum Gasteiger partial charge on any atom is 0.280 e. The predicted octanol–water partition coefficient (Wildman–Crippen LogP) is 3.80. The summed E-state index contributed by atoms with van der Waals surface area (Å²) in [5.41, 5.74) is 0. The predicted molar refractivity (Wildman–Crippen MR) is 60.0 cm³/mol. The molecule has 72 valence electrons. The fourth-order valence-electron chi connectivity index (χ4n) is 0.550. The number of rotatable bonds is 6. The molecule has 0 amide bonds. The van der Waals surface area contributed by atoms with Gasteiger partial charge in [0.2, 0.25) is 0 Å². The summed E-state index contributed by atoms with van der Waals surface area (Å²) in [4.78, 5) is 0. The topological polar surface area (TPSA) is 26.3 Å². The van der Waals surface area contributed by atoms with Gasteiger partial charge in [0.25, 0.3) is 6.57 Å². The third kappa shape index (κ3) is 5.31. The molecule has 0 aromatic rings. The first kappa shape index (κ1) is 12.6. The second-order valence-corrected chi connectivity index (χ2v) is 7.69. The molecule has 1 atom stereocenters. The molecule has 12 heavy (non-hydrogen) atoms. The Morgan fingerprint density at radius 2 is 2.17 bits per heavy atom. The molecule has 0 aromatic carbocycles. The summed E-state index contributed by atoms with van der Waals surface area (Å²) in [7, 11) is 0. The van der Waals surface area contributed by atoms with Crippen molar-refractivity contribution in [1.82, 2.24) is 0 Å². The first-order chi connectivity index (χ1) is 5.68. The minimum Gasteiger partial charge on any atom is -0.319 e. The molecular weight excluding hydrogens is 211 g/mol. The summed E-state index contributed by atoms with van der Waals surface area (Å²) in [6, 6.07) is 0. The molecule has 0 bridgehead atoms. The lowest BCUT2D eigenvalue weighted by Gasteiger charge is -2.09. The monoisotopic (exact) mass is 226 g/mol. The van der Waals surface area contributed by atoms with Crippen molar-refractivity contribution in [3.8, 4) is 0 Å². The van der Waals surface area contributed by atoms with Gasteiger partial charge in [-0.2, -0.15) is 0 Å². The lowest BCUT2D eigenvalue weighted by Crippen LogP contribution is -1.81. The van der Waals surface area contributed by atoms with Crippen molar-refractivity contribution in [2.24, 2.45) is 0 Å². The van der Waals surface area contributed by atoms with Crippen molar-refractivity contribution in [1.29, 1.82) is 0 Å². The SMILES string of the molecule is CCOP(=O)(C=CSCC)SC. The zero-order chi connectivity index (χ0) is 9.45. The molecule has 0 aliphatic carbocycles. The third-order valence-corrected chi connectivity index (χ3v) is 5.78. The molecule has 0 radical (unpaired) electrons. The molecule has 0 saturated heterocycles. The van der Waals surface area contributed by atoms with Crippen molar-refractivity contribution in [2.75, 3.05) is 18.6 Å². The van der Waals surface area contributed by atoms with Crippen LogP contribution in [0.15, 0.2) is 11.2 Å². The normalized spacial score (nSPS) is 16.6. The highest BCUT2D eigenvalue weighted by atomic mass is 32.7. The van der Waals surface area contributed by atoms with Gasteiger partial charge in [-0.25, -0.2) is 0 Å². The maximum atomic E-state index is 11.7. The van der Waals surface area contributed by atoms with Gasteiger partial charge in [0.05, 0.1) is 6.61 Å². The van der Waals surface area contributed by atoms with Crippen LogP contribution in [-0.2, 0) is 9.09 Å². The van der Waals surface area contributed by atoms with Gasteiger partial charge in [-0.1, -0.05) is 18.3 Å². The van der Waals surface area contributed by atoms with E-state index in [0.29, 0.717) is 6.61 Å². The molecule has 0 saturated carbocycles. The Labute approximate surface area is 82.7 Å². The van der Waals surface area contributed by atoms with Crippen molar-refractivity contribution >= 4 is 29.7 Å². The van der Waals surface area contributed by atoms with Crippen LogP contribution in [0, 0.1) is 0 Å². The molecule has 0 aromatic heterocycles. The van der Waals surface area contributed by atoms with E-state index in [2.05, 4.69) is 6.92 Å². The van der Waals surface area contributed by atoms with Crippen LogP contribution in [-0.4, -0.2) is 18.6 Å². The van der Waals surface area contributed by atoms with E-state index in [1.165, 1.54) is 11.4 Å². The van der Waals surface area contributed by atoms with Gasteiger partial charge in [-0.15, -0.1) is 11.8 Å². The van der Waals surface area contributed by atoms with Gasteiger partial charge in [-0.05, 0) is 24.3 Å². The fourth-order valence-corrected chi connectivity index (χ4v) is 3.80. The quantitative estimate of drug-likeness (QED) is 0.643. The number of thioether (sulfide) groups is 1. The van der Waals surface area contributed by atoms with E-state index in [-0.39, 0.29) is 0 Å². The minimum absolute atomic E-state index is 0.499. The van der Waals surface area contributed by atoms with Crippen molar-refractivity contribution < 1.29 is 9.09 Å². The van der Waals surface area contributed by atoms with Crippen LogP contribution in [0.1, 0.15) is 13.8 Å². The highest BCUT2D eigenvalue weighted by Gasteiger charge is 2.15. The molecular formula is C7H15O2PS2. The zero-order valence-corrected chi connectivity index (χ0v) is 10.2. The van der Waals surface area contributed by atoms with Crippen molar-refractivity contribution in [2.45, 2.75) is 13.8 Å². The molecule has 0 spiro atoms. The summed E-state index contributed by atoms with van der Waals surface area (Å²) >= 11 is 2.91. The van der Waals surface area contributed by atoms with Crippen molar-refractivity contribution in [3.63, 3.8) is 0 Å². The molecule has 0 fully saturated rings. The maximum absolute atomic E-state index is 11.7. The van der Waals surface area contributed by atoms with Gasteiger partial charge in [0, 0.05) is 5.82 Å². The van der Waals surface area contributed by atoms with Crippen LogP contribution in [0.2, 0.25) is 0 Å².